The molecule has 3 rings (SSSR count). The summed E-state index contributed by atoms with van der Waals surface area (Å²) in [7, 11) is -3.18. The molecule has 1 aromatic heterocycles. The molecule has 1 aliphatic rings. The van der Waals surface area contributed by atoms with Gasteiger partial charge in [0, 0.05) is 21.4 Å². The highest BCUT2D eigenvalue weighted by atomic mass is 32.2. The van der Waals surface area contributed by atoms with Crippen molar-refractivity contribution in [2.75, 3.05) is 5.75 Å². The van der Waals surface area contributed by atoms with Crippen molar-refractivity contribution in [1.82, 2.24) is 10.3 Å². The van der Waals surface area contributed by atoms with E-state index in [0.717, 1.165) is 26.6 Å². The van der Waals surface area contributed by atoms with Crippen LogP contribution in [0, 0.1) is 13.8 Å². The second-order valence-electron chi connectivity index (χ2n) is 5.48. The van der Waals surface area contributed by atoms with Gasteiger partial charge in [-0.15, -0.1) is 11.3 Å². The van der Waals surface area contributed by atoms with E-state index in [1.807, 2.05) is 19.9 Å². The minimum atomic E-state index is -3.18. The molecule has 1 unspecified atom stereocenters. The molecule has 0 aliphatic carbocycles. The Hall–Kier alpha value is -1.99. The van der Waals surface area contributed by atoms with E-state index < -0.39 is 15.9 Å². The first-order valence-corrected chi connectivity index (χ1v) is 9.63. The fourth-order valence-corrected chi connectivity index (χ4v) is 4.45. The topological polar surface area (TPSA) is 76.1 Å². The number of carbonyl (C=O) groups excluding carboxylic acids is 1. The molecule has 0 radical (unpaired) electrons. The lowest BCUT2D eigenvalue weighted by molar-refractivity contribution is 0.0947. The standard InChI is InChI=1S/C16H16N2O3S2/c1-10-11(2)22-16(17-10)13-5-3-4-12(8-13)15(19)18-14-6-7-23(20,21)9-14/h3-8,14H,9H2,1-2H3,(H,18,19). The van der Waals surface area contributed by atoms with Crippen molar-refractivity contribution in [3.05, 3.63) is 51.9 Å². The summed E-state index contributed by atoms with van der Waals surface area (Å²) >= 11 is 1.59. The lowest BCUT2D eigenvalue weighted by atomic mass is 10.1. The molecule has 0 fully saturated rings. The molecule has 1 amide bonds. The van der Waals surface area contributed by atoms with Gasteiger partial charge in [0.25, 0.3) is 5.91 Å². The second kappa shape index (κ2) is 5.90. The van der Waals surface area contributed by atoms with Crippen molar-refractivity contribution in [2.45, 2.75) is 19.9 Å². The van der Waals surface area contributed by atoms with Gasteiger partial charge in [0.05, 0.1) is 17.5 Å². The van der Waals surface area contributed by atoms with Crippen molar-refractivity contribution in [3.8, 4) is 10.6 Å². The lowest BCUT2D eigenvalue weighted by Gasteiger charge is -2.10. The van der Waals surface area contributed by atoms with E-state index in [4.69, 9.17) is 0 Å². The van der Waals surface area contributed by atoms with Crippen LogP contribution in [0.25, 0.3) is 10.6 Å². The maximum atomic E-state index is 12.3. The highest BCUT2D eigenvalue weighted by Crippen LogP contribution is 2.27. The molecule has 1 aliphatic heterocycles. The predicted molar refractivity (Wildman–Crippen MR) is 91.2 cm³/mol. The Morgan fingerprint density at radius 1 is 1.35 bits per heavy atom. The summed E-state index contributed by atoms with van der Waals surface area (Å²) in [4.78, 5) is 18.0. The quantitative estimate of drug-likeness (QED) is 0.924. The Kier molecular flexibility index (Phi) is 4.08. The molecular formula is C16H16N2O3S2. The molecule has 0 saturated carbocycles. The van der Waals surface area contributed by atoms with E-state index in [9.17, 15) is 13.2 Å². The Labute approximate surface area is 139 Å². The van der Waals surface area contributed by atoms with E-state index in [0.29, 0.717) is 5.56 Å². The SMILES string of the molecule is Cc1nc(-c2cccc(C(=O)NC3C=CS(=O)(=O)C3)c2)sc1C. The third-order valence-electron chi connectivity index (χ3n) is 3.65. The number of amides is 1. The molecule has 2 aromatic rings. The average molecular weight is 348 g/mol. The van der Waals surface area contributed by atoms with Gasteiger partial charge in [-0.1, -0.05) is 12.1 Å². The molecule has 1 N–H and O–H groups in total. The Bertz CT molecular complexity index is 878. The van der Waals surface area contributed by atoms with Gasteiger partial charge >= 0.3 is 0 Å². The Morgan fingerprint density at radius 3 is 2.74 bits per heavy atom. The van der Waals surface area contributed by atoms with E-state index in [2.05, 4.69) is 10.3 Å². The molecule has 1 aromatic carbocycles. The Balaban J connectivity index is 1.80. The fourth-order valence-electron chi connectivity index (χ4n) is 2.31. The van der Waals surface area contributed by atoms with Gasteiger partial charge in [-0.2, -0.15) is 0 Å². The van der Waals surface area contributed by atoms with Gasteiger partial charge in [-0.25, -0.2) is 13.4 Å². The average Bonchev–Trinajstić information content (AvgIpc) is 3.01. The zero-order chi connectivity index (χ0) is 16.6. The predicted octanol–water partition coefficient (Wildman–Crippen LogP) is 2.47. The van der Waals surface area contributed by atoms with Crippen LogP contribution < -0.4 is 5.32 Å². The molecule has 2 heterocycles. The van der Waals surface area contributed by atoms with Crippen molar-refractivity contribution in [3.63, 3.8) is 0 Å². The minimum absolute atomic E-state index is 0.0801. The van der Waals surface area contributed by atoms with Crippen molar-refractivity contribution >= 4 is 27.1 Å². The summed E-state index contributed by atoms with van der Waals surface area (Å²) in [5, 5.41) is 4.75. The van der Waals surface area contributed by atoms with Crippen LogP contribution in [0.4, 0.5) is 0 Å². The number of nitrogens with zero attached hydrogens (tertiary/aromatic N) is 1. The third-order valence-corrected chi connectivity index (χ3v) is 6.16. The summed E-state index contributed by atoms with van der Waals surface area (Å²) in [6.45, 7) is 3.97. The van der Waals surface area contributed by atoms with Crippen LogP contribution in [0.2, 0.25) is 0 Å². The maximum absolute atomic E-state index is 12.3. The first-order valence-electron chi connectivity index (χ1n) is 7.10. The van der Waals surface area contributed by atoms with E-state index >= 15 is 0 Å². The zero-order valence-electron chi connectivity index (χ0n) is 12.7. The zero-order valence-corrected chi connectivity index (χ0v) is 14.4. The number of hydrogen-bond donors (Lipinski definition) is 1. The normalized spacial score (nSPS) is 19.0. The molecule has 0 bridgehead atoms. The number of nitrogens with one attached hydrogen (secondary N) is 1. The number of aryl methyl sites for hydroxylation is 2. The summed E-state index contributed by atoms with van der Waals surface area (Å²) in [6.07, 6.45) is 1.50. The number of thiazole rings is 1. The van der Waals surface area contributed by atoms with Gasteiger partial charge < -0.3 is 5.32 Å². The van der Waals surface area contributed by atoms with Crippen LogP contribution in [0.5, 0.6) is 0 Å². The summed E-state index contributed by atoms with van der Waals surface area (Å²) in [5.41, 5.74) is 2.36. The minimum Gasteiger partial charge on any atom is -0.345 e. The monoisotopic (exact) mass is 348 g/mol. The highest BCUT2D eigenvalue weighted by Gasteiger charge is 2.23. The van der Waals surface area contributed by atoms with Crippen LogP contribution in [0.3, 0.4) is 0 Å². The Morgan fingerprint density at radius 2 is 2.13 bits per heavy atom. The summed E-state index contributed by atoms with van der Waals surface area (Å²) in [6, 6.07) is 6.73. The molecule has 1 atom stereocenters. The number of carbonyl (C=O) groups is 1. The van der Waals surface area contributed by atoms with Gasteiger partial charge in [0.15, 0.2) is 9.84 Å². The van der Waals surface area contributed by atoms with Crippen LogP contribution in [0.1, 0.15) is 20.9 Å². The number of benzene rings is 1. The number of hydrogen-bond acceptors (Lipinski definition) is 5. The van der Waals surface area contributed by atoms with Gasteiger partial charge in [0.1, 0.15) is 5.01 Å². The highest BCUT2D eigenvalue weighted by molar-refractivity contribution is 7.94. The first-order chi connectivity index (χ1) is 10.8. The van der Waals surface area contributed by atoms with Crippen LogP contribution in [-0.4, -0.2) is 31.1 Å². The molecule has 23 heavy (non-hydrogen) atoms. The largest absolute Gasteiger partial charge is 0.345 e. The van der Waals surface area contributed by atoms with Crippen molar-refractivity contribution in [2.24, 2.45) is 0 Å². The maximum Gasteiger partial charge on any atom is 0.251 e. The van der Waals surface area contributed by atoms with Crippen LogP contribution in [-0.2, 0) is 9.84 Å². The summed E-state index contributed by atoms with van der Waals surface area (Å²) < 4.78 is 22.8. The molecule has 120 valence electrons. The second-order valence-corrected chi connectivity index (χ2v) is 8.61. The molecule has 0 saturated heterocycles. The summed E-state index contributed by atoms with van der Waals surface area (Å²) in [5.74, 6) is -0.368. The van der Waals surface area contributed by atoms with Crippen molar-refractivity contribution < 1.29 is 13.2 Å². The smallest absolute Gasteiger partial charge is 0.251 e. The van der Waals surface area contributed by atoms with Gasteiger partial charge in [0.2, 0.25) is 0 Å². The molecular weight excluding hydrogens is 332 g/mol. The number of aromatic nitrogens is 1. The van der Waals surface area contributed by atoms with Crippen LogP contribution in [0.15, 0.2) is 35.7 Å². The molecule has 5 nitrogen and oxygen atoms in total. The molecule has 0 spiro atoms. The van der Waals surface area contributed by atoms with E-state index in [1.54, 1.807) is 29.5 Å². The number of rotatable bonds is 3. The lowest BCUT2D eigenvalue weighted by Crippen LogP contribution is -2.35. The van der Waals surface area contributed by atoms with E-state index in [1.165, 1.54) is 6.08 Å². The van der Waals surface area contributed by atoms with Crippen molar-refractivity contribution in [1.29, 1.82) is 0 Å². The van der Waals surface area contributed by atoms with Gasteiger partial charge in [-0.3, -0.25) is 4.79 Å². The van der Waals surface area contributed by atoms with Gasteiger partial charge in [-0.05, 0) is 32.1 Å². The molecule has 7 heteroatoms. The third kappa shape index (κ3) is 3.51. The number of sulfone groups is 1. The van der Waals surface area contributed by atoms with E-state index in [-0.39, 0.29) is 11.7 Å². The first kappa shape index (κ1) is 15.9. The fraction of sp³-hybridized carbons (Fsp3) is 0.250. The van der Waals surface area contributed by atoms with Crippen LogP contribution >= 0.6 is 11.3 Å².